The molecule has 0 radical (unpaired) electrons. The standard InChI is InChI=1S/C31H31Cl2N3O4S/c1-3-34-31(38)29(18-22-9-5-4-6-10-22)36(20-23-13-16-27(32)28(33)17-23)30(37)21-35(2)41(39,40)26-15-14-24-11-7-8-12-25(24)19-26/h4-17,19,29H,3,18,20-21H2,1-2H3,(H,34,38). The Hall–Kier alpha value is -3.43. The van der Waals surface area contributed by atoms with Crippen molar-refractivity contribution in [2.45, 2.75) is 30.8 Å². The van der Waals surface area contributed by atoms with Crippen LogP contribution in [0, 0.1) is 0 Å². The number of hydrogen-bond acceptors (Lipinski definition) is 4. The van der Waals surface area contributed by atoms with Crippen molar-refractivity contribution in [1.82, 2.24) is 14.5 Å². The maximum Gasteiger partial charge on any atom is 0.243 e. The molecule has 0 saturated carbocycles. The maximum atomic E-state index is 13.9. The zero-order valence-corrected chi connectivity index (χ0v) is 25.1. The average molecular weight is 613 g/mol. The summed E-state index contributed by atoms with van der Waals surface area (Å²) in [6.07, 6.45) is 0.237. The van der Waals surface area contributed by atoms with Crippen molar-refractivity contribution in [3.05, 3.63) is 112 Å². The van der Waals surface area contributed by atoms with Gasteiger partial charge >= 0.3 is 0 Å². The molecule has 7 nitrogen and oxygen atoms in total. The van der Waals surface area contributed by atoms with Gasteiger partial charge in [-0.1, -0.05) is 89.9 Å². The zero-order valence-electron chi connectivity index (χ0n) is 22.8. The highest BCUT2D eigenvalue weighted by Gasteiger charge is 2.33. The summed E-state index contributed by atoms with van der Waals surface area (Å²) in [4.78, 5) is 28.8. The number of carbonyl (C=O) groups is 2. The van der Waals surface area contributed by atoms with Crippen LogP contribution in [0.1, 0.15) is 18.1 Å². The van der Waals surface area contributed by atoms with E-state index < -0.39 is 28.5 Å². The van der Waals surface area contributed by atoms with E-state index in [1.165, 1.54) is 18.0 Å². The van der Waals surface area contributed by atoms with Crippen LogP contribution in [0.3, 0.4) is 0 Å². The summed E-state index contributed by atoms with van der Waals surface area (Å²) in [5, 5.41) is 5.17. The first kappa shape index (κ1) is 30.5. The van der Waals surface area contributed by atoms with Gasteiger partial charge in [-0.3, -0.25) is 9.59 Å². The molecule has 1 N–H and O–H groups in total. The Bertz CT molecular complexity index is 1650. The fourth-order valence-electron chi connectivity index (χ4n) is 4.55. The lowest BCUT2D eigenvalue weighted by atomic mass is 10.0. The van der Waals surface area contributed by atoms with Gasteiger partial charge in [0.25, 0.3) is 0 Å². The van der Waals surface area contributed by atoms with Gasteiger partial charge in [-0.25, -0.2) is 8.42 Å². The number of sulfonamides is 1. The summed E-state index contributed by atoms with van der Waals surface area (Å²) >= 11 is 12.4. The lowest BCUT2D eigenvalue weighted by Gasteiger charge is -2.32. The first-order chi connectivity index (χ1) is 19.6. The second-order valence-corrected chi connectivity index (χ2v) is 12.5. The highest BCUT2D eigenvalue weighted by molar-refractivity contribution is 7.89. The Kier molecular flexibility index (Phi) is 10.0. The summed E-state index contributed by atoms with van der Waals surface area (Å²) < 4.78 is 28.0. The van der Waals surface area contributed by atoms with E-state index in [4.69, 9.17) is 23.2 Å². The number of rotatable bonds is 11. The van der Waals surface area contributed by atoms with Crippen LogP contribution in [0.15, 0.2) is 95.9 Å². The molecule has 214 valence electrons. The molecular formula is C31H31Cl2N3O4S. The van der Waals surface area contributed by atoms with E-state index in [1.54, 1.807) is 37.3 Å². The Morgan fingerprint density at radius 2 is 1.51 bits per heavy atom. The lowest BCUT2D eigenvalue weighted by Crippen LogP contribution is -2.53. The minimum absolute atomic E-state index is 0.0220. The number of fused-ring (bicyclic) bond motifs is 1. The van der Waals surface area contributed by atoms with E-state index in [9.17, 15) is 18.0 Å². The van der Waals surface area contributed by atoms with Crippen molar-refractivity contribution < 1.29 is 18.0 Å². The fourth-order valence-corrected chi connectivity index (χ4v) is 6.03. The van der Waals surface area contributed by atoms with E-state index in [0.717, 1.165) is 20.6 Å². The molecule has 0 saturated heterocycles. The summed E-state index contributed by atoms with van der Waals surface area (Å²) in [5.74, 6) is -0.875. The van der Waals surface area contributed by atoms with Gasteiger partial charge in [0.2, 0.25) is 21.8 Å². The molecule has 4 aromatic carbocycles. The second kappa shape index (κ2) is 13.5. The molecule has 0 heterocycles. The number of carbonyl (C=O) groups excluding carboxylic acids is 2. The van der Waals surface area contributed by atoms with E-state index in [2.05, 4.69) is 5.32 Å². The van der Waals surface area contributed by atoms with Crippen LogP contribution in [0.5, 0.6) is 0 Å². The molecule has 0 aliphatic heterocycles. The molecule has 0 aliphatic rings. The Morgan fingerprint density at radius 3 is 2.20 bits per heavy atom. The normalized spacial score (nSPS) is 12.3. The number of likely N-dealkylation sites (N-methyl/N-ethyl adjacent to an activating group) is 2. The number of hydrogen-bond donors (Lipinski definition) is 1. The fraction of sp³-hybridized carbons (Fsp3) is 0.226. The predicted molar refractivity (Wildman–Crippen MR) is 163 cm³/mol. The molecule has 0 fully saturated rings. The largest absolute Gasteiger partial charge is 0.355 e. The topological polar surface area (TPSA) is 86.8 Å². The van der Waals surface area contributed by atoms with Crippen molar-refractivity contribution in [3.63, 3.8) is 0 Å². The van der Waals surface area contributed by atoms with Gasteiger partial charge in [-0.2, -0.15) is 4.31 Å². The average Bonchev–Trinajstić information content (AvgIpc) is 2.97. The van der Waals surface area contributed by atoms with E-state index in [1.807, 2.05) is 54.6 Å². The number of nitrogens with zero attached hydrogens (tertiary/aromatic N) is 2. The first-order valence-corrected chi connectivity index (χ1v) is 15.3. The van der Waals surface area contributed by atoms with Gasteiger partial charge in [-0.15, -0.1) is 0 Å². The summed E-state index contributed by atoms with van der Waals surface area (Å²) in [6.45, 7) is 1.72. The molecule has 0 aliphatic carbocycles. The van der Waals surface area contributed by atoms with Gasteiger partial charge in [0.15, 0.2) is 0 Å². The van der Waals surface area contributed by atoms with Crippen molar-refractivity contribution in [2.24, 2.45) is 0 Å². The van der Waals surface area contributed by atoms with Crippen LogP contribution >= 0.6 is 23.2 Å². The SMILES string of the molecule is CCNC(=O)C(Cc1ccccc1)N(Cc1ccc(Cl)c(Cl)c1)C(=O)CN(C)S(=O)(=O)c1ccc2ccccc2c1. The third kappa shape index (κ3) is 7.45. The molecule has 0 aromatic heterocycles. The monoisotopic (exact) mass is 611 g/mol. The van der Waals surface area contributed by atoms with Crippen LogP contribution in [0.2, 0.25) is 10.0 Å². The molecule has 10 heteroatoms. The summed E-state index contributed by atoms with van der Waals surface area (Å²) in [5.41, 5.74) is 1.50. The van der Waals surface area contributed by atoms with Crippen LogP contribution in [-0.2, 0) is 32.6 Å². The number of nitrogens with one attached hydrogen (secondary N) is 1. The van der Waals surface area contributed by atoms with Crippen molar-refractivity contribution in [3.8, 4) is 0 Å². The molecule has 4 aromatic rings. The van der Waals surface area contributed by atoms with E-state index in [0.29, 0.717) is 22.2 Å². The number of halogens is 2. The molecule has 1 atom stereocenters. The Morgan fingerprint density at radius 1 is 0.829 bits per heavy atom. The highest BCUT2D eigenvalue weighted by atomic mass is 35.5. The molecule has 41 heavy (non-hydrogen) atoms. The molecule has 1 unspecified atom stereocenters. The second-order valence-electron chi connectivity index (χ2n) is 9.64. The van der Waals surface area contributed by atoms with E-state index >= 15 is 0 Å². The van der Waals surface area contributed by atoms with Crippen LogP contribution in [0.4, 0.5) is 0 Å². The van der Waals surface area contributed by atoms with Crippen LogP contribution in [0.25, 0.3) is 10.8 Å². The lowest BCUT2D eigenvalue weighted by molar-refractivity contribution is -0.141. The quantitative estimate of drug-likeness (QED) is 0.241. The minimum Gasteiger partial charge on any atom is -0.355 e. The predicted octanol–water partition coefficient (Wildman–Crippen LogP) is 5.54. The van der Waals surface area contributed by atoms with Crippen LogP contribution < -0.4 is 5.32 Å². The Labute approximate surface area is 250 Å². The van der Waals surface area contributed by atoms with Crippen LogP contribution in [-0.4, -0.2) is 55.6 Å². The smallest absolute Gasteiger partial charge is 0.243 e. The Balaban J connectivity index is 1.67. The molecule has 0 spiro atoms. The van der Waals surface area contributed by atoms with Gasteiger partial charge in [0, 0.05) is 26.6 Å². The van der Waals surface area contributed by atoms with Gasteiger partial charge in [0.05, 0.1) is 21.5 Å². The summed E-state index contributed by atoms with van der Waals surface area (Å²) in [6, 6.07) is 25.7. The third-order valence-corrected chi connectivity index (χ3v) is 9.28. The molecular weight excluding hydrogens is 581 g/mol. The molecule has 2 amide bonds. The van der Waals surface area contributed by atoms with Gasteiger partial charge in [-0.05, 0) is 53.1 Å². The number of benzene rings is 4. The minimum atomic E-state index is -4.01. The van der Waals surface area contributed by atoms with Gasteiger partial charge < -0.3 is 10.2 Å². The zero-order chi connectivity index (χ0) is 29.6. The van der Waals surface area contributed by atoms with Gasteiger partial charge in [0.1, 0.15) is 6.04 Å². The molecule has 0 bridgehead atoms. The first-order valence-electron chi connectivity index (χ1n) is 13.1. The third-order valence-electron chi connectivity index (χ3n) is 6.75. The molecule has 4 rings (SSSR count). The number of amides is 2. The maximum absolute atomic E-state index is 13.9. The summed E-state index contributed by atoms with van der Waals surface area (Å²) in [7, 11) is -2.65. The van der Waals surface area contributed by atoms with Crippen molar-refractivity contribution >= 4 is 55.8 Å². The highest BCUT2D eigenvalue weighted by Crippen LogP contribution is 2.25. The van der Waals surface area contributed by atoms with Crippen molar-refractivity contribution in [1.29, 1.82) is 0 Å². The van der Waals surface area contributed by atoms with Crippen molar-refractivity contribution in [2.75, 3.05) is 20.1 Å². The van der Waals surface area contributed by atoms with E-state index in [-0.39, 0.29) is 23.8 Å².